The van der Waals surface area contributed by atoms with E-state index in [0.717, 1.165) is 32.0 Å². The molecular formula is C21H26N2O. The van der Waals surface area contributed by atoms with Crippen LogP contribution in [-0.4, -0.2) is 32.5 Å². The maximum absolute atomic E-state index is 5.42. The molecule has 2 aromatic rings. The van der Waals surface area contributed by atoms with Crippen LogP contribution >= 0.6 is 0 Å². The summed E-state index contributed by atoms with van der Waals surface area (Å²) in [6, 6.07) is 15.1. The van der Waals surface area contributed by atoms with Crippen molar-refractivity contribution in [2.24, 2.45) is 4.99 Å². The maximum atomic E-state index is 5.42. The van der Waals surface area contributed by atoms with Crippen LogP contribution in [-0.2, 0) is 4.74 Å². The third kappa shape index (κ3) is 4.04. The molecule has 0 N–H and O–H groups in total. The van der Waals surface area contributed by atoms with E-state index in [1.807, 2.05) is 6.21 Å². The van der Waals surface area contributed by atoms with Crippen LogP contribution in [0.15, 0.2) is 47.5 Å². The van der Waals surface area contributed by atoms with E-state index in [1.165, 1.54) is 22.4 Å². The van der Waals surface area contributed by atoms with Gasteiger partial charge in [-0.2, -0.15) is 0 Å². The summed E-state index contributed by atoms with van der Waals surface area (Å²) < 4.78 is 5.42. The van der Waals surface area contributed by atoms with Gasteiger partial charge in [-0.1, -0.05) is 32.0 Å². The minimum absolute atomic E-state index is 0.554. The Kier molecular flexibility index (Phi) is 5.31. The number of aliphatic imine (C=N–C) groups is 1. The summed E-state index contributed by atoms with van der Waals surface area (Å²) in [5.41, 5.74) is 6.03. The fourth-order valence-corrected chi connectivity index (χ4v) is 2.91. The molecule has 3 rings (SSSR count). The zero-order valence-corrected chi connectivity index (χ0v) is 14.8. The van der Waals surface area contributed by atoms with Gasteiger partial charge in [-0.3, -0.25) is 4.99 Å². The topological polar surface area (TPSA) is 24.8 Å². The average Bonchev–Trinajstić information content (AvgIpc) is 2.62. The van der Waals surface area contributed by atoms with E-state index >= 15 is 0 Å². The lowest BCUT2D eigenvalue weighted by Gasteiger charge is -2.29. The molecule has 24 heavy (non-hydrogen) atoms. The summed E-state index contributed by atoms with van der Waals surface area (Å²) in [5, 5.41) is 0. The zero-order chi connectivity index (χ0) is 16.9. The number of benzene rings is 2. The highest BCUT2D eigenvalue weighted by molar-refractivity contribution is 5.84. The van der Waals surface area contributed by atoms with E-state index in [-0.39, 0.29) is 0 Å². The summed E-state index contributed by atoms with van der Waals surface area (Å²) in [4.78, 5) is 7.00. The summed E-state index contributed by atoms with van der Waals surface area (Å²) >= 11 is 0. The van der Waals surface area contributed by atoms with Crippen LogP contribution in [0.3, 0.4) is 0 Å². The molecule has 0 unspecified atom stereocenters. The van der Waals surface area contributed by atoms with Gasteiger partial charge in [-0.15, -0.1) is 0 Å². The number of rotatable bonds is 4. The minimum Gasteiger partial charge on any atom is -0.378 e. The second-order valence-corrected chi connectivity index (χ2v) is 6.64. The van der Waals surface area contributed by atoms with E-state index in [9.17, 15) is 0 Å². The summed E-state index contributed by atoms with van der Waals surface area (Å²) in [7, 11) is 0. The van der Waals surface area contributed by atoms with Crippen LogP contribution < -0.4 is 4.90 Å². The SMILES string of the molecule is Cc1cc(N2CCOCC2)ccc1C=Nc1ccc(C(C)C)cc1. The first-order valence-electron chi connectivity index (χ1n) is 8.71. The third-order valence-corrected chi connectivity index (χ3v) is 4.54. The summed E-state index contributed by atoms with van der Waals surface area (Å²) in [6.07, 6.45) is 1.96. The molecule has 1 aliphatic rings. The predicted octanol–water partition coefficient (Wildman–Crippen LogP) is 4.71. The Hall–Kier alpha value is -2.13. The Morgan fingerprint density at radius 1 is 1.04 bits per heavy atom. The number of aryl methyl sites for hydroxylation is 1. The van der Waals surface area contributed by atoms with Crippen molar-refractivity contribution < 1.29 is 4.74 Å². The van der Waals surface area contributed by atoms with Gasteiger partial charge in [0.2, 0.25) is 0 Å². The van der Waals surface area contributed by atoms with Crippen molar-refractivity contribution in [3.63, 3.8) is 0 Å². The molecule has 1 heterocycles. The molecule has 126 valence electrons. The Labute approximate surface area is 145 Å². The highest BCUT2D eigenvalue weighted by Crippen LogP contribution is 2.21. The van der Waals surface area contributed by atoms with Crippen LogP contribution in [0.2, 0.25) is 0 Å². The molecule has 0 amide bonds. The number of ether oxygens (including phenoxy) is 1. The van der Waals surface area contributed by atoms with Gasteiger partial charge in [0.15, 0.2) is 0 Å². The highest BCUT2D eigenvalue weighted by Gasteiger charge is 2.11. The fourth-order valence-electron chi connectivity index (χ4n) is 2.91. The van der Waals surface area contributed by atoms with Crippen LogP contribution in [0.25, 0.3) is 0 Å². The first-order valence-corrected chi connectivity index (χ1v) is 8.71. The second kappa shape index (κ2) is 7.63. The summed E-state index contributed by atoms with van der Waals surface area (Å²) in [5.74, 6) is 0.554. The highest BCUT2D eigenvalue weighted by atomic mass is 16.5. The lowest BCUT2D eigenvalue weighted by molar-refractivity contribution is 0.122. The van der Waals surface area contributed by atoms with E-state index in [4.69, 9.17) is 4.74 Å². The Morgan fingerprint density at radius 2 is 1.75 bits per heavy atom. The van der Waals surface area contributed by atoms with Crippen molar-refractivity contribution in [1.82, 2.24) is 0 Å². The quantitative estimate of drug-likeness (QED) is 0.762. The van der Waals surface area contributed by atoms with E-state index in [2.05, 4.69) is 73.1 Å². The normalized spacial score (nSPS) is 15.4. The Morgan fingerprint density at radius 3 is 2.38 bits per heavy atom. The predicted molar refractivity (Wildman–Crippen MR) is 102 cm³/mol. The lowest BCUT2D eigenvalue weighted by atomic mass is 10.0. The van der Waals surface area contributed by atoms with Gasteiger partial charge in [0.25, 0.3) is 0 Å². The van der Waals surface area contributed by atoms with Gasteiger partial charge in [-0.25, -0.2) is 0 Å². The van der Waals surface area contributed by atoms with E-state index in [0.29, 0.717) is 5.92 Å². The monoisotopic (exact) mass is 322 g/mol. The molecule has 3 heteroatoms. The zero-order valence-electron chi connectivity index (χ0n) is 14.8. The standard InChI is InChI=1S/C21H26N2O/c1-16(2)18-4-7-20(8-5-18)22-15-19-6-9-21(14-17(19)3)23-10-12-24-13-11-23/h4-9,14-16H,10-13H2,1-3H3. The molecule has 0 aliphatic carbocycles. The molecular weight excluding hydrogens is 296 g/mol. The molecule has 0 aromatic heterocycles. The molecule has 2 aromatic carbocycles. The largest absolute Gasteiger partial charge is 0.378 e. The third-order valence-electron chi connectivity index (χ3n) is 4.54. The molecule has 0 radical (unpaired) electrons. The first-order chi connectivity index (χ1) is 11.6. The van der Waals surface area contributed by atoms with Crippen molar-refractivity contribution in [3.05, 3.63) is 59.2 Å². The number of hydrogen-bond acceptors (Lipinski definition) is 3. The number of morpholine rings is 1. The minimum atomic E-state index is 0.554. The molecule has 0 atom stereocenters. The fraction of sp³-hybridized carbons (Fsp3) is 0.381. The van der Waals surface area contributed by atoms with E-state index < -0.39 is 0 Å². The molecule has 1 fully saturated rings. The van der Waals surface area contributed by atoms with Crippen molar-refractivity contribution in [2.75, 3.05) is 31.2 Å². The first kappa shape index (κ1) is 16.7. The Bertz CT molecular complexity index is 698. The average molecular weight is 322 g/mol. The molecule has 3 nitrogen and oxygen atoms in total. The summed E-state index contributed by atoms with van der Waals surface area (Å²) in [6.45, 7) is 10.1. The molecule has 1 saturated heterocycles. The van der Waals surface area contributed by atoms with Gasteiger partial charge in [-0.05, 0) is 53.8 Å². The molecule has 0 spiro atoms. The Balaban J connectivity index is 1.72. The van der Waals surface area contributed by atoms with Gasteiger partial charge >= 0.3 is 0 Å². The van der Waals surface area contributed by atoms with Crippen LogP contribution in [0.5, 0.6) is 0 Å². The number of anilines is 1. The van der Waals surface area contributed by atoms with Crippen LogP contribution in [0, 0.1) is 6.92 Å². The van der Waals surface area contributed by atoms with Crippen LogP contribution in [0.4, 0.5) is 11.4 Å². The van der Waals surface area contributed by atoms with Crippen LogP contribution in [0.1, 0.15) is 36.5 Å². The van der Waals surface area contributed by atoms with Crippen molar-refractivity contribution in [3.8, 4) is 0 Å². The van der Waals surface area contributed by atoms with Gasteiger partial charge in [0.05, 0.1) is 18.9 Å². The van der Waals surface area contributed by atoms with Crippen molar-refractivity contribution in [1.29, 1.82) is 0 Å². The van der Waals surface area contributed by atoms with Crippen molar-refractivity contribution in [2.45, 2.75) is 26.7 Å². The van der Waals surface area contributed by atoms with Gasteiger partial charge < -0.3 is 9.64 Å². The smallest absolute Gasteiger partial charge is 0.0642 e. The molecule has 0 saturated carbocycles. The maximum Gasteiger partial charge on any atom is 0.0642 e. The second-order valence-electron chi connectivity index (χ2n) is 6.64. The lowest BCUT2D eigenvalue weighted by Crippen LogP contribution is -2.36. The van der Waals surface area contributed by atoms with Gasteiger partial charge in [0.1, 0.15) is 0 Å². The van der Waals surface area contributed by atoms with Gasteiger partial charge in [0, 0.05) is 25.0 Å². The van der Waals surface area contributed by atoms with E-state index in [1.54, 1.807) is 0 Å². The van der Waals surface area contributed by atoms with Crippen molar-refractivity contribution >= 4 is 17.6 Å². The molecule has 1 aliphatic heterocycles. The molecule has 0 bridgehead atoms. The number of nitrogens with zero attached hydrogens (tertiary/aromatic N) is 2. The number of hydrogen-bond donors (Lipinski definition) is 0.